The predicted molar refractivity (Wildman–Crippen MR) is 76.4 cm³/mol. The molecule has 0 fully saturated rings. The van der Waals surface area contributed by atoms with E-state index in [0.29, 0.717) is 10.7 Å². The highest BCUT2D eigenvalue weighted by molar-refractivity contribution is 7.80. The number of hydrogen-bond donors (Lipinski definition) is 2. The van der Waals surface area contributed by atoms with Crippen LogP contribution in [0.3, 0.4) is 0 Å². The van der Waals surface area contributed by atoms with E-state index in [2.05, 4.69) is 29.3 Å². The van der Waals surface area contributed by atoms with Crippen molar-refractivity contribution >= 4 is 22.9 Å². The molecule has 1 aromatic rings. The largest absolute Gasteiger partial charge is 0.388 e. The molecule has 17 heavy (non-hydrogen) atoms. The number of nitrogens with zero attached hydrogens (tertiary/aromatic N) is 2. The molecular weight excluding hydrogens is 232 g/mol. The first kappa shape index (κ1) is 13.9. The summed E-state index contributed by atoms with van der Waals surface area (Å²) in [5, 5.41) is 3.32. The molecule has 0 unspecified atom stereocenters. The van der Waals surface area contributed by atoms with Crippen LogP contribution >= 0.6 is 12.2 Å². The summed E-state index contributed by atoms with van der Waals surface area (Å²) in [6.45, 7) is 2.02. The molecule has 1 rings (SSSR count). The summed E-state index contributed by atoms with van der Waals surface area (Å²) in [5.41, 5.74) is 7.20. The molecule has 0 aliphatic rings. The van der Waals surface area contributed by atoms with Gasteiger partial charge in [0, 0.05) is 12.7 Å². The van der Waals surface area contributed by atoms with Crippen molar-refractivity contribution in [2.45, 2.75) is 12.8 Å². The second kappa shape index (κ2) is 7.19. The maximum Gasteiger partial charge on any atom is 0.124 e. The number of rotatable bonds is 7. The van der Waals surface area contributed by atoms with Crippen LogP contribution in [0.5, 0.6) is 0 Å². The lowest BCUT2D eigenvalue weighted by atomic mass is 10.2. The molecular formula is C12H20N4S. The molecule has 4 nitrogen and oxygen atoms in total. The van der Waals surface area contributed by atoms with Crippen molar-refractivity contribution in [2.24, 2.45) is 5.73 Å². The van der Waals surface area contributed by atoms with E-state index in [1.807, 2.05) is 12.1 Å². The van der Waals surface area contributed by atoms with E-state index in [1.54, 1.807) is 6.20 Å². The Labute approximate surface area is 108 Å². The van der Waals surface area contributed by atoms with Gasteiger partial charge in [0.2, 0.25) is 0 Å². The highest BCUT2D eigenvalue weighted by Crippen LogP contribution is 2.11. The fourth-order valence-corrected chi connectivity index (χ4v) is 1.68. The van der Waals surface area contributed by atoms with E-state index in [4.69, 9.17) is 18.0 Å². The lowest BCUT2D eigenvalue weighted by molar-refractivity contribution is 0.396. The van der Waals surface area contributed by atoms with Crippen molar-refractivity contribution < 1.29 is 0 Å². The molecule has 94 valence electrons. The van der Waals surface area contributed by atoms with Crippen molar-refractivity contribution in [3.05, 3.63) is 24.0 Å². The Kier molecular flexibility index (Phi) is 5.86. The van der Waals surface area contributed by atoms with Gasteiger partial charge in [-0.15, -0.1) is 0 Å². The lowest BCUT2D eigenvalue weighted by Crippen LogP contribution is -2.17. The number of hydrogen-bond acceptors (Lipinski definition) is 4. The summed E-state index contributed by atoms with van der Waals surface area (Å²) in [6, 6.07) is 3.83. The third-order valence-corrected chi connectivity index (χ3v) is 2.58. The van der Waals surface area contributed by atoms with Gasteiger partial charge >= 0.3 is 0 Å². The molecule has 0 aromatic carbocycles. The molecule has 0 radical (unpaired) electrons. The van der Waals surface area contributed by atoms with Gasteiger partial charge in [-0.05, 0) is 45.6 Å². The summed E-state index contributed by atoms with van der Waals surface area (Å²) < 4.78 is 0. The van der Waals surface area contributed by atoms with Crippen molar-refractivity contribution in [1.82, 2.24) is 9.88 Å². The van der Waals surface area contributed by atoms with Crippen molar-refractivity contribution in [3.8, 4) is 0 Å². The Bertz CT molecular complexity index is 365. The van der Waals surface area contributed by atoms with Crippen LogP contribution in [0.25, 0.3) is 0 Å². The molecule has 0 amide bonds. The quantitative estimate of drug-likeness (QED) is 0.568. The molecule has 0 aliphatic carbocycles. The first-order valence-electron chi connectivity index (χ1n) is 5.74. The van der Waals surface area contributed by atoms with Gasteiger partial charge in [-0.1, -0.05) is 12.2 Å². The van der Waals surface area contributed by atoms with Crippen LogP contribution in [-0.2, 0) is 0 Å². The van der Waals surface area contributed by atoms with Gasteiger partial charge in [0.25, 0.3) is 0 Å². The summed E-state index contributed by atoms with van der Waals surface area (Å²) in [7, 11) is 4.17. The molecule has 0 spiro atoms. The molecule has 0 atom stereocenters. The highest BCUT2D eigenvalue weighted by Gasteiger charge is 2.04. The minimum absolute atomic E-state index is 0.335. The number of aromatic nitrogens is 1. The number of nitrogens with one attached hydrogen (secondary N) is 1. The fraction of sp³-hybridized carbons (Fsp3) is 0.500. The van der Waals surface area contributed by atoms with Crippen LogP contribution < -0.4 is 11.1 Å². The first-order chi connectivity index (χ1) is 8.11. The van der Waals surface area contributed by atoms with Gasteiger partial charge in [0.15, 0.2) is 0 Å². The summed E-state index contributed by atoms with van der Waals surface area (Å²) >= 11 is 4.95. The minimum atomic E-state index is 0.335. The summed E-state index contributed by atoms with van der Waals surface area (Å²) in [4.78, 5) is 6.69. The Morgan fingerprint density at radius 3 is 2.88 bits per heavy atom. The van der Waals surface area contributed by atoms with Gasteiger partial charge in [-0.25, -0.2) is 0 Å². The van der Waals surface area contributed by atoms with Crippen LogP contribution in [0.15, 0.2) is 18.3 Å². The van der Waals surface area contributed by atoms with Crippen LogP contribution in [0.2, 0.25) is 0 Å². The van der Waals surface area contributed by atoms with E-state index in [1.165, 1.54) is 6.42 Å². The standard InChI is InChI=1S/C12H20N4S/c1-16(2)9-4-3-7-14-10-6-5-8-15-11(10)12(13)17/h5-6,8,14H,3-4,7,9H2,1-2H3,(H2,13,17). The maximum absolute atomic E-state index is 5.61. The highest BCUT2D eigenvalue weighted by atomic mass is 32.1. The topological polar surface area (TPSA) is 54.2 Å². The molecule has 3 N–H and O–H groups in total. The summed E-state index contributed by atoms with van der Waals surface area (Å²) in [6.07, 6.45) is 3.98. The predicted octanol–water partition coefficient (Wildman–Crippen LogP) is 1.47. The van der Waals surface area contributed by atoms with Crippen LogP contribution in [0.4, 0.5) is 5.69 Å². The van der Waals surface area contributed by atoms with Gasteiger partial charge in [-0.3, -0.25) is 4.98 Å². The second-order valence-electron chi connectivity index (χ2n) is 4.20. The molecule has 0 aliphatic heterocycles. The minimum Gasteiger partial charge on any atom is -0.388 e. The average molecular weight is 252 g/mol. The Hall–Kier alpha value is -1.20. The Morgan fingerprint density at radius 1 is 1.47 bits per heavy atom. The smallest absolute Gasteiger partial charge is 0.124 e. The molecule has 0 saturated heterocycles. The summed E-state index contributed by atoms with van der Waals surface area (Å²) in [5.74, 6) is 0. The zero-order valence-electron chi connectivity index (χ0n) is 10.4. The van der Waals surface area contributed by atoms with Crippen LogP contribution in [-0.4, -0.2) is 42.1 Å². The second-order valence-corrected chi connectivity index (χ2v) is 4.64. The molecule has 5 heteroatoms. The molecule has 1 aromatic heterocycles. The van der Waals surface area contributed by atoms with E-state index in [0.717, 1.165) is 25.2 Å². The fourth-order valence-electron chi connectivity index (χ4n) is 1.52. The monoisotopic (exact) mass is 252 g/mol. The molecule has 0 saturated carbocycles. The van der Waals surface area contributed by atoms with E-state index in [9.17, 15) is 0 Å². The van der Waals surface area contributed by atoms with Crippen LogP contribution in [0, 0.1) is 0 Å². The number of unbranched alkanes of at least 4 members (excludes halogenated alkanes) is 1. The van der Waals surface area contributed by atoms with Crippen LogP contribution in [0.1, 0.15) is 18.5 Å². The number of pyridine rings is 1. The molecule has 1 heterocycles. The normalized spacial score (nSPS) is 10.5. The zero-order valence-corrected chi connectivity index (χ0v) is 11.3. The van der Waals surface area contributed by atoms with E-state index < -0.39 is 0 Å². The third kappa shape index (κ3) is 5.10. The maximum atomic E-state index is 5.61. The van der Waals surface area contributed by atoms with Gasteiger partial charge < -0.3 is 16.0 Å². The SMILES string of the molecule is CN(C)CCCCNc1cccnc1C(N)=S. The number of thiocarbonyl (C=S) groups is 1. The van der Waals surface area contributed by atoms with Gasteiger partial charge in [0.1, 0.15) is 10.7 Å². The van der Waals surface area contributed by atoms with Crippen molar-refractivity contribution in [3.63, 3.8) is 0 Å². The third-order valence-electron chi connectivity index (χ3n) is 2.39. The van der Waals surface area contributed by atoms with Gasteiger partial charge in [-0.2, -0.15) is 0 Å². The zero-order chi connectivity index (χ0) is 12.7. The Balaban J connectivity index is 2.39. The Morgan fingerprint density at radius 2 is 2.24 bits per heavy atom. The lowest BCUT2D eigenvalue weighted by Gasteiger charge is -2.11. The first-order valence-corrected chi connectivity index (χ1v) is 6.15. The van der Waals surface area contributed by atoms with Crippen molar-refractivity contribution in [2.75, 3.05) is 32.5 Å². The van der Waals surface area contributed by atoms with Gasteiger partial charge in [0.05, 0.1) is 5.69 Å². The molecule has 0 bridgehead atoms. The van der Waals surface area contributed by atoms with E-state index >= 15 is 0 Å². The van der Waals surface area contributed by atoms with E-state index in [-0.39, 0.29) is 0 Å². The average Bonchev–Trinajstić information content (AvgIpc) is 2.28. The number of anilines is 1. The number of nitrogens with two attached hydrogens (primary N) is 1. The van der Waals surface area contributed by atoms with Crippen molar-refractivity contribution in [1.29, 1.82) is 0 Å².